The van der Waals surface area contributed by atoms with Crippen LogP contribution in [0.15, 0.2) is 34.9 Å². The van der Waals surface area contributed by atoms with Gasteiger partial charge in [0.05, 0.1) is 11.4 Å². The van der Waals surface area contributed by atoms with Crippen LogP contribution >= 0.6 is 15.9 Å². The van der Waals surface area contributed by atoms with Crippen molar-refractivity contribution in [1.29, 1.82) is 0 Å². The van der Waals surface area contributed by atoms with Crippen LogP contribution in [-0.4, -0.2) is 30.1 Å². The van der Waals surface area contributed by atoms with Gasteiger partial charge >= 0.3 is 0 Å². The number of anilines is 4. The van der Waals surface area contributed by atoms with Gasteiger partial charge in [-0.15, -0.1) is 0 Å². The molecule has 0 fully saturated rings. The van der Waals surface area contributed by atoms with Gasteiger partial charge in [-0.05, 0) is 28.1 Å². The molecule has 0 spiro atoms. The van der Waals surface area contributed by atoms with Crippen LogP contribution in [-0.2, 0) is 0 Å². The van der Waals surface area contributed by atoms with Crippen LogP contribution in [0.4, 0.5) is 23.1 Å². The van der Waals surface area contributed by atoms with Crippen molar-refractivity contribution in [3.8, 4) is 0 Å². The smallest absolute Gasteiger partial charge is 0.233 e. The number of nitrogens with zero attached hydrogens (tertiary/aromatic N) is 4. The maximum atomic E-state index is 5.80. The van der Waals surface area contributed by atoms with E-state index in [9.17, 15) is 0 Å². The molecule has 2 heterocycles. The summed E-state index contributed by atoms with van der Waals surface area (Å²) in [6.45, 7) is 1.76. The summed E-state index contributed by atoms with van der Waals surface area (Å²) in [7, 11) is 2.09. The Morgan fingerprint density at radius 2 is 1.89 bits per heavy atom. The number of likely N-dealkylation sites (N-methyl/N-ethyl adjacent to an activating group) is 1. The second-order valence-corrected chi connectivity index (χ2v) is 5.29. The summed E-state index contributed by atoms with van der Waals surface area (Å²) >= 11 is 3.36. The van der Waals surface area contributed by atoms with Gasteiger partial charge in [0.15, 0.2) is 0 Å². The first-order valence-electron chi connectivity index (χ1n) is 6.03. The highest BCUT2D eigenvalue weighted by Crippen LogP contribution is 2.35. The Hall–Kier alpha value is -1.82. The molecule has 0 bridgehead atoms. The molecule has 2 N–H and O–H groups in total. The van der Waals surface area contributed by atoms with E-state index < -0.39 is 0 Å². The second kappa shape index (κ2) is 4.70. The summed E-state index contributed by atoms with van der Waals surface area (Å²) in [6.07, 6.45) is 0. The fraction of sp³-hybridized carbons (Fsp3) is 0.231. The summed E-state index contributed by atoms with van der Waals surface area (Å²) in [4.78, 5) is 13.1. The number of aromatic nitrogens is 2. The Morgan fingerprint density at radius 3 is 2.63 bits per heavy atom. The van der Waals surface area contributed by atoms with Crippen molar-refractivity contribution in [1.82, 2.24) is 9.97 Å². The number of rotatable bonds is 1. The maximum Gasteiger partial charge on any atom is 0.233 e. The van der Waals surface area contributed by atoms with Crippen LogP contribution in [0.2, 0.25) is 0 Å². The fourth-order valence-electron chi connectivity index (χ4n) is 2.26. The van der Waals surface area contributed by atoms with E-state index in [2.05, 4.69) is 54.9 Å². The third-order valence-corrected chi connectivity index (χ3v) is 3.59. The molecule has 98 valence electrons. The highest BCUT2D eigenvalue weighted by molar-refractivity contribution is 9.10. The maximum absolute atomic E-state index is 5.80. The quantitative estimate of drug-likeness (QED) is 0.818. The molecular weight excluding hydrogens is 306 g/mol. The molecule has 1 aliphatic heterocycles. The Labute approximate surface area is 120 Å². The molecule has 6 heteroatoms. The SMILES string of the molecule is CN1CCN(c2nc(N)cc(Br)n2)c2ccccc21. The largest absolute Gasteiger partial charge is 0.383 e. The van der Waals surface area contributed by atoms with Crippen molar-refractivity contribution in [2.75, 3.05) is 35.7 Å². The zero-order valence-electron chi connectivity index (χ0n) is 10.5. The van der Waals surface area contributed by atoms with Crippen molar-refractivity contribution in [2.24, 2.45) is 0 Å². The Bertz CT molecular complexity index is 595. The van der Waals surface area contributed by atoms with Crippen molar-refractivity contribution in [3.05, 3.63) is 34.9 Å². The third kappa shape index (κ3) is 2.23. The van der Waals surface area contributed by atoms with Crippen molar-refractivity contribution < 1.29 is 0 Å². The molecular formula is C13H14BrN5. The number of halogens is 1. The molecule has 0 radical (unpaired) electrons. The molecule has 0 unspecified atom stereocenters. The Kier molecular flexibility index (Phi) is 3.02. The first-order chi connectivity index (χ1) is 9.15. The van der Waals surface area contributed by atoms with E-state index in [1.54, 1.807) is 6.07 Å². The lowest BCUT2D eigenvalue weighted by atomic mass is 10.2. The van der Waals surface area contributed by atoms with Gasteiger partial charge in [0.1, 0.15) is 10.4 Å². The van der Waals surface area contributed by atoms with Crippen molar-refractivity contribution >= 4 is 39.1 Å². The number of nitrogens with two attached hydrogens (primary N) is 1. The minimum atomic E-state index is 0.466. The standard InChI is InChI=1S/C13H14BrN5/c1-18-6-7-19(10-5-3-2-4-9(10)18)13-16-11(14)8-12(15)17-13/h2-5,8H,6-7H2,1H3,(H2,15,16,17). The highest BCUT2D eigenvalue weighted by atomic mass is 79.9. The van der Waals surface area contributed by atoms with Gasteiger partial charge in [0.25, 0.3) is 0 Å². The van der Waals surface area contributed by atoms with Crippen LogP contribution in [0.3, 0.4) is 0 Å². The van der Waals surface area contributed by atoms with Crippen LogP contribution in [0.5, 0.6) is 0 Å². The number of para-hydroxylation sites is 2. The van der Waals surface area contributed by atoms with Crippen LogP contribution in [0, 0.1) is 0 Å². The molecule has 0 amide bonds. The van der Waals surface area contributed by atoms with E-state index in [4.69, 9.17) is 5.73 Å². The van der Waals surface area contributed by atoms with Gasteiger partial charge in [-0.3, -0.25) is 0 Å². The first-order valence-corrected chi connectivity index (χ1v) is 6.82. The summed E-state index contributed by atoms with van der Waals surface area (Å²) in [5.74, 6) is 1.10. The topological polar surface area (TPSA) is 58.3 Å². The minimum absolute atomic E-state index is 0.466. The van der Waals surface area contributed by atoms with Gasteiger partial charge in [-0.25, -0.2) is 4.98 Å². The van der Waals surface area contributed by atoms with Gasteiger partial charge in [-0.2, -0.15) is 4.98 Å². The molecule has 3 rings (SSSR count). The summed E-state index contributed by atoms with van der Waals surface area (Å²) in [6, 6.07) is 9.93. The van der Waals surface area contributed by atoms with E-state index in [0.29, 0.717) is 16.4 Å². The molecule has 0 saturated heterocycles. The molecule has 1 aliphatic rings. The van der Waals surface area contributed by atoms with Gasteiger partial charge in [0, 0.05) is 26.2 Å². The number of nitrogen functional groups attached to an aromatic ring is 1. The number of hydrogen-bond donors (Lipinski definition) is 1. The van der Waals surface area contributed by atoms with Crippen molar-refractivity contribution in [3.63, 3.8) is 0 Å². The second-order valence-electron chi connectivity index (χ2n) is 4.48. The van der Waals surface area contributed by atoms with E-state index in [0.717, 1.165) is 18.8 Å². The summed E-state index contributed by atoms with van der Waals surface area (Å²) in [5, 5.41) is 0. The summed E-state index contributed by atoms with van der Waals surface area (Å²) < 4.78 is 0.700. The lowest BCUT2D eigenvalue weighted by Crippen LogP contribution is -2.37. The predicted octanol–water partition coefficient (Wildman–Crippen LogP) is 2.41. The van der Waals surface area contributed by atoms with E-state index in [1.165, 1.54) is 5.69 Å². The molecule has 0 aliphatic carbocycles. The molecule has 0 saturated carbocycles. The molecule has 1 aromatic carbocycles. The fourth-order valence-corrected chi connectivity index (χ4v) is 2.65. The molecule has 2 aromatic rings. The third-order valence-electron chi connectivity index (χ3n) is 3.19. The van der Waals surface area contributed by atoms with Gasteiger partial charge in [0.2, 0.25) is 5.95 Å². The van der Waals surface area contributed by atoms with E-state index in [1.807, 2.05) is 12.1 Å². The Balaban J connectivity index is 2.09. The summed E-state index contributed by atoms with van der Waals surface area (Å²) in [5.41, 5.74) is 8.08. The van der Waals surface area contributed by atoms with E-state index in [-0.39, 0.29) is 0 Å². The number of fused-ring (bicyclic) bond motifs is 1. The van der Waals surface area contributed by atoms with Crippen LogP contribution < -0.4 is 15.5 Å². The normalized spacial score (nSPS) is 14.4. The van der Waals surface area contributed by atoms with Crippen LogP contribution in [0.25, 0.3) is 0 Å². The average Bonchev–Trinajstić information content (AvgIpc) is 2.38. The average molecular weight is 320 g/mol. The first kappa shape index (κ1) is 12.2. The minimum Gasteiger partial charge on any atom is -0.383 e. The molecule has 0 atom stereocenters. The number of benzene rings is 1. The van der Waals surface area contributed by atoms with E-state index >= 15 is 0 Å². The lowest BCUT2D eigenvalue weighted by molar-refractivity contribution is 0.801. The van der Waals surface area contributed by atoms with Gasteiger partial charge < -0.3 is 15.5 Å². The lowest BCUT2D eigenvalue weighted by Gasteiger charge is -2.35. The predicted molar refractivity (Wildman–Crippen MR) is 80.9 cm³/mol. The monoisotopic (exact) mass is 319 g/mol. The number of hydrogen-bond acceptors (Lipinski definition) is 5. The zero-order chi connectivity index (χ0) is 13.4. The molecule has 1 aromatic heterocycles. The Morgan fingerprint density at radius 1 is 1.16 bits per heavy atom. The van der Waals surface area contributed by atoms with Crippen molar-refractivity contribution in [2.45, 2.75) is 0 Å². The molecule has 19 heavy (non-hydrogen) atoms. The molecule has 5 nitrogen and oxygen atoms in total. The zero-order valence-corrected chi connectivity index (χ0v) is 12.1. The van der Waals surface area contributed by atoms with Gasteiger partial charge in [-0.1, -0.05) is 12.1 Å². The highest BCUT2D eigenvalue weighted by Gasteiger charge is 2.23. The van der Waals surface area contributed by atoms with Crippen LogP contribution in [0.1, 0.15) is 0 Å².